The number of ketones is 1. The summed E-state index contributed by atoms with van der Waals surface area (Å²) < 4.78 is 11.9. The molecule has 0 saturated carbocycles. The summed E-state index contributed by atoms with van der Waals surface area (Å²) >= 11 is 0. The summed E-state index contributed by atoms with van der Waals surface area (Å²) in [5, 5.41) is 10.7. The Balaban J connectivity index is 2.34. The number of allylic oxidation sites excluding steroid dienone is 3. The number of ether oxygens (including phenoxy) is 1. The van der Waals surface area contributed by atoms with Gasteiger partial charge in [0.25, 0.3) is 0 Å². The number of fused-ring (bicyclic) bond motifs is 1. The second-order valence-corrected chi connectivity index (χ2v) is 9.18. The van der Waals surface area contributed by atoms with Gasteiger partial charge in [0.05, 0.1) is 11.5 Å². The molecule has 0 fully saturated rings. The second kappa shape index (κ2) is 6.56. The van der Waals surface area contributed by atoms with Crippen molar-refractivity contribution < 1.29 is 13.9 Å². The van der Waals surface area contributed by atoms with E-state index in [1.165, 1.54) is 0 Å². The molecule has 0 aliphatic carbocycles. The molecule has 2 heterocycles. The smallest absolute Gasteiger partial charge is 0.205 e. The quantitative estimate of drug-likeness (QED) is 0.780. The molecule has 0 radical (unpaired) electrons. The zero-order valence-corrected chi connectivity index (χ0v) is 17.2. The van der Waals surface area contributed by atoms with E-state index in [-0.39, 0.29) is 17.2 Å². The van der Waals surface area contributed by atoms with Crippen LogP contribution in [0.5, 0.6) is 0 Å². The molecule has 2 N–H and O–H groups in total. The predicted octanol–water partition coefficient (Wildman–Crippen LogP) is 5.16. The van der Waals surface area contributed by atoms with Gasteiger partial charge < -0.3 is 14.9 Å². The highest BCUT2D eigenvalue weighted by Crippen LogP contribution is 2.47. The molecule has 2 aromatic rings. The number of hydrogen-bond acceptors (Lipinski definition) is 5. The van der Waals surface area contributed by atoms with Crippen LogP contribution in [0.4, 0.5) is 0 Å². The molecule has 1 unspecified atom stereocenters. The fourth-order valence-corrected chi connectivity index (χ4v) is 3.38. The molecule has 0 saturated heterocycles. The van der Waals surface area contributed by atoms with E-state index in [0.717, 1.165) is 5.39 Å². The van der Waals surface area contributed by atoms with E-state index in [1.807, 2.05) is 71.9 Å². The van der Waals surface area contributed by atoms with Crippen molar-refractivity contribution in [1.82, 2.24) is 0 Å². The average Bonchev–Trinajstić information content (AvgIpc) is 3.02. The van der Waals surface area contributed by atoms with Gasteiger partial charge in [-0.2, -0.15) is 5.26 Å². The molecule has 3 rings (SSSR count). The van der Waals surface area contributed by atoms with Crippen molar-refractivity contribution in [3.8, 4) is 6.07 Å². The highest BCUT2D eigenvalue weighted by Gasteiger charge is 2.44. The second-order valence-electron chi connectivity index (χ2n) is 9.18. The molecule has 1 atom stereocenters. The first-order valence-corrected chi connectivity index (χ1v) is 9.30. The summed E-state index contributed by atoms with van der Waals surface area (Å²) in [6.45, 7) is 11.4. The Morgan fingerprint density at radius 3 is 2.32 bits per heavy atom. The maximum atomic E-state index is 13.5. The van der Waals surface area contributed by atoms with E-state index in [2.05, 4.69) is 6.07 Å². The third-order valence-electron chi connectivity index (χ3n) is 4.76. The first-order chi connectivity index (χ1) is 12.9. The van der Waals surface area contributed by atoms with Crippen molar-refractivity contribution in [3.05, 3.63) is 58.9 Å². The van der Waals surface area contributed by atoms with Crippen molar-refractivity contribution in [2.75, 3.05) is 0 Å². The number of nitriles is 1. The molecule has 0 spiro atoms. The van der Waals surface area contributed by atoms with Gasteiger partial charge in [-0.1, -0.05) is 59.7 Å². The number of nitrogens with two attached hydrogens (primary N) is 1. The Kier molecular flexibility index (Phi) is 4.63. The largest absolute Gasteiger partial charge is 0.460 e. The lowest BCUT2D eigenvalue weighted by molar-refractivity contribution is -0.123. The van der Waals surface area contributed by atoms with E-state index in [9.17, 15) is 10.1 Å². The van der Waals surface area contributed by atoms with Crippen LogP contribution in [0, 0.1) is 22.2 Å². The summed E-state index contributed by atoms with van der Waals surface area (Å²) in [5.41, 5.74) is 6.30. The van der Waals surface area contributed by atoms with Crippen LogP contribution in [0.15, 0.2) is 57.5 Å². The number of rotatable bonds is 2. The molecule has 0 bridgehead atoms. The van der Waals surface area contributed by atoms with Crippen molar-refractivity contribution in [2.24, 2.45) is 16.6 Å². The van der Waals surface area contributed by atoms with Crippen LogP contribution in [-0.2, 0) is 9.53 Å². The molecule has 5 nitrogen and oxygen atoms in total. The van der Waals surface area contributed by atoms with Crippen LogP contribution >= 0.6 is 0 Å². The summed E-state index contributed by atoms with van der Waals surface area (Å²) in [6, 6.07) is 11.6. The SMILES string of the molecule is CC(C)(C)C(=O)C1=C(C(C)(C)C)OC(N)=C(C#N)C1c1cc2ccccc2o1. The first-order valence-electron chi connectivity index (χ1n) is 9.30. The topological polar surface area (TPSA) is 89.2 Å². The van der Waals surface area contributed by atoms with E-state index >= 15 is 0 Å². The van der Waals surface area contributed by atoms with Gasteiger partial charge in [-0.05, 0) is 12.1 Å². The lowest BCUT2D eigenvalue weighted by Gasteiger charge is -2.35. The third-order valence-corrected chi connectivity index (χ3v) is 4.76. The van der Waals surface area contributed by atoms with E-state index < -0.39 is 16.7 Å². The fraction of sp³-hybridized carbons (Fsp3) is 0.391. The van der Waals surface area contributed by atoms with E-state index in [0.29, 0.717) is 22.7 Å². The Labute approximate surface area is 165 Å². The number of nitrogens with zero attached hydrogens (tertiary/aromatic N) is 1. The number of para-hydroxylation sites is 1. The zero-order chi connectivity index (χ0) is 20.9. The molecule has 0 amide bonds. The number of carbonyl (C=O) groups excluding carboxylic acids is 1. The average molecular weight is 378 g/mol. The van der Waals surface area contributed by atoms with Crippen molar-refractivity contribution in [1.29, 1.82) is 5.26 Å². The lowest BCUT2D eigenvalue weighted by atomic mass is 9.73. The van der Waals surface area contributed by atoms with Crippen LogP contribution in [-0.4, -0.2) is 5.78 Å². The molecule has 146 valence electrons. The maximum absolute atomic E-state index is 13.5. The van der Waals surface area contributed by atoms with Gasteiger partial charge in [0.2, 0.25) is 5.88 Å². The normalized spacial score (nSPS) is 18.2. The van der Waals surface area contributed by atoms with Gasteiger partial charge in [-0.15, -0.1) is 0 Å². The number of Topliss-reactive ketones (excluding diaryl/α,β-unsaturated/α-hetero) is 1. The molecular weight excluding hydrogens is 352 g/mol. The van der Waals surface area contributed by atoms with Crippen LogP contribution in [0.25, 0.3) is 11.0 Å². The highest BCUT2D eigenvalue weighted by molar-refractivity contribution is 6.02. The van der Waals surface area contributed by atoms with Crippen molar-refractivity contribution in [2.45, 2.75) is 47.5 Å². The van der Waals surface area contributed by atoms with Crippen LogP contribution < -0.4 is 5.73 Å². The molecular formula is C23H26N2O3. The van der Waals surface area contributed by atoms with Crippen LogP contribution in [0.2, 0.25) is 0 Å². The van der Waals surface area contributed by atoms with Crippen LogP contribution in [0.3, 0.4) is 0 Å². The number of furan rings is 1. The van der Waals surface area contributed by atoms with Gasteiger partial charge in [0.15, 0.2) is 5.78 Å². The molecule has 1 aromatic carbocycles. The zero-order valence-electron chi connectivity index (χ0n) is 17.2. The lowest BCUT2D eigenvalue weighted by Crippen LogP contribution is -2.34. The molecule has 1 aromatic heterocycles. The minimum atomic E-state index is -0.702. The van der Waals surface area contributed by atoms with Gasteiger partial charge in [-0.3, -0.25) is 4.79 Å². The summed E-state index contributed by atoms with van der Waals surface area (Å²) in [5.74, 6) is 0.214. The Hall–Kier alpha value is -3.00. The fourth-order valence-electron chi connectivity index (χ4n) is 3.38. The van der Waals surface area contributed by atoms with Gasteiger partial charge in [0.1, 0.15) is 28.7 Å². The Bertz CT molecular complexity index is 1020. The maximum Gasteiger partial charge on any atom is 0.205 e. The Morgan fingerprint density at radius 1 is 1.14 bits per heavy atom. The summed E-state index contributed by atoms with van der Waals surface area (Å²) in [6.07, 6.45) is 0. The van der Waals surface area contributed by atoms with E-state index in [4.69, 9.17) is 14.9 Å². The van der Waals surface area contributed by atoms with Crippen molar-refractivity contribution >= 4 is 16.8 Å². The molecule has 1 aliphatic rings. The number of hydrogen-bond donors (Lipinski definition) is 1. The summed E-state index contributed by atoms with van der Waals surface area (Å²) in [4.78, 5) is 13.5. The van der Waals surface area contributed by atoms with Gasteiger partial charge >= 0.3 is 0 Å². The standard InChI is InChI=1S/C23H26N2O3/c1-22(2,3)19(26)18-17(16-11-13-9-7-8-10-15(13)27-16)14(12-24)21(25)28-20(18)23(4,5)6/h7-11,17H,25H2,1-6H3. The number of benzene rings is 1. The molecule has 28 heavy (non-hydrogen) atoms. The monoisotopic (exact) mass is 378 g/mol. The van der Waals surface area contributed by atoms with Gasteiger partial charge in [0, 0.05) is 16.2 Å². The highest BCUT2D eigenvalue weighted by atomic mass is 16.5. The predicted molar refractivity (Wildman–Crippen MR) is 108 cm³/mol. The Morgan fingerprint density at radius 2 is 1.79 bits per heavy atom. The minimum absolute atomic E-state index is 0.0170. The van der Waals surface area contributed by atoms with Crippen molar-refractivity contribution in [3.63, 3.8) is 0 Å². The minimum Gasteiger partial charge on any atom is -0.460 e. The number of carbonyl (C=O) groups is 1. The van der Waals surface area contributed by atoms with Crippen LogP contribution in [0.1, 0.15) is 53.2 Å². The first kappa shape index (κ1) is 19.8. The molecule has 5 heteroatoms. The molecule has 1 aliphatic heterocycles. The third kappa shape index (κ3) is 3.31. The summed E-state index contributed by atoms with van der Waals surface area (Å²) in [7, 11) is 0. The van der Waals surface area contributed by atoms with Gasteiger partial charge in [-0.25, -0.2) is 0 Å². The van der Waals surface area contributed by atoms with E-state index in [1.54, 1.807) is 0 Å².